The number of aromatic hydroxyl groups is 1. The summed E-state index contributed by atoms with van der Waals surface area (Å²) >= 11 is 0. The van der Waals surface area contributed by atoms with Crippen molar-refractivity contribution in [2.45, 2.75) is 33.2 Å². The first-order valence-corrected chi connectivity index (χ1v) is 12.9. The van der Waals surface area contributed by atoms with E-state index in [-0.39, 0.29) is 23.0 Å². The van der Waals surface area contributed by atoms with E-state index in [9.17, 15) is 14.7 Å². The van der Waals surface area contributed by atoms with Gasteiger partial charge in [-0.05, 0) is 71.0 Å². The van der Waals surface area contributed by atoms with Crippen LogP contribution >= 0.6 is 0 Å². The third-order valence-electron chi connectivity index (χ3n) is 8.43. The minimum Gasteiger partial charge on any atom is -0.508 e. The largest absolute Gasteiger partial charge is 0.508 e. The topological polar surface area (TPSA) is 77.0 Å². The number of nitrogens with zero attached hydrogens (tertiary/aromatic N) is 4. The monoisotopic (exact) mass is 496 g/mol. The van der Waals surface area contributed by atoms with Crippen LogP contribution in [0.3, 0.4) is 0 Å². The maximum atomic E-state index is 12.2. The number of hydrogen-bond acceptors (Lipinski definition) is 5. The highest BCUT2D eigenvalue weighted by atomic mass is 16.3. The first-order valence-electron chi connectivity index (χ1n) is 12.9. The second kappa shape index (κ2) is 8.61. The molecule has 190 valence electrons. The fourth-order valence-electron chi connectivity index (χ4n) is 6.52. The minimum absolute atomic E-state index is 0.000708. The lowest BCUT2D eigenvalue weighted by Gasteiger charge is -2.47. The third kappa shape index (κ3) is 3.84. The summed E-state index contributed by atoms with van der Waals surface area (Å²) in [6.07, 6.45) is 3.18. The molecule has 1 spiro atoms. The summed E-state index contributed by atoms with van der Waals surface area (Å²) in [6.45, 7) is 11.9. The maximum Gasteiger partial charge on any atom is 0.245 e. The van der Waals surface area contributed by atoms with Gasteiger partial charge in [-0.3, -0.25) is 9.59 Å². The van der Waals surface area contributed by atoms with Crippen LogP contribution in [0, 0.1) is 12.3 Å². The van der Waals surface area contributed by atoms with Crippen LogP contribution in [0.2, 0.25) is 0 Å². The number of phenols is 1. The molecule has 0 atom stereocenters. The second-order valence-electron chi connectivity index (χ2n) is 10.8. The second-order valence-corrected chi connectivity index (χ2v) is 10.8. The van der Waals surface area contributed by atoms with Gasteiger partial charge in [0, 0.05) is 45.1 Å². The summed E-state index contributed by atoms with van der Waals surface area (Å²) in [6, 6.07) is 11.7. The average molecular weight is 497 g/mol. The number of rotatable bonds is 3. The Bertz CT molecular complexity index is 1460. The Morgan fingerprint density at radius 1 is 1.11 bits per heavy atom. The van der Waals surface area contributed by atoms with Gasteiger partial charge in [0.25, 0.3) is 0 Å². The summed E-state index contributed by atoms with van der Waals surface area (Å²) in [5, 5.41) is 12.2. The van der Waals surface area contributed by atoms with E-state index >= 15 is 0 Å². The van der Waals surface area contributed by atoms with Gasteiger partial charge in [0.05, 0.1) is 12.2 Å². The number of pyridine rings is 1. The first-order chi connectivity index (χ1) is 17.8. The summed E-state index contributed by atoms with van der Waals surface area (Å²) in [5.74, 6) is 1.29. The molecule has 3 aliphatic heterocycles. The van der Waals surface area contributed by atoms with E-state index in [4.69, 9.17) is 4.98 Å². The van der Waals surface area contributed by atoms with Crippen molar-refractivity contribution in [3.05, 3.63) is 65.9 Å². The molecule has 4 heterocycles. The van der Waals surface area contributed by atoms with E-state index in [1.165, 1.54) is 17.2 Å². The SMILES string of the molecule is C=CC(=O)N1CC2(CCN(c3nc4c(c(-c5cccc6cc(O)ccc56)c3C)CCN(C(C)=O)C4)C2)C1. The number of likely N-dealkylation sites (tertiary alicyclic amines) is 1. The Hall–Kier alpha value is -3.87. The summed E-state index contributed by atoms with van der Waals surface area (Å²) in [7, 11) is 0. The molecule has 6 rings (SSSR count). The van der Waals surface area contributed by atoms with Crippen LogP contribution < -0.4 is 4.90 Å². The zero-order valence-corrected chi connectivity index (χ0v) is 21.5. The van der Waals surface area contributed by atoms with Crippen LogP contribution in [-0.4, -0.2) is 64.4 Å². The van der Waals surface area contributed by atoms with Crippen LogP contribution in [0.15, 0.2) is 49.1 Å². The predicted octanol–water partition coefficient (Wildman–Crippen LogP) is 4.05. The molecule has 3 aromatic rings. The Morgan fingerprint density at radius 2 is 1.92 bits per heavy atom. The smallest absolute Gasteiger partial charge is 0.245 e. The van der Waals surface area contributed by atoms with Crippen molar-refractivity contribution in [3.63, 3.8) is 0 Å². The lowest BCUT2D eigenvalue weighted by molar-refractivity contribution is -0.136. The molecule has 1 aromatic heterocycles. The normalized spacial score (nSPS) is 18.2. The fourth-order valence-corrected chi connectivity index (χ4v) is 6.52. The lowest BCUT2D eigenvalue weighted by atomic mass is 9.79. The van der Waals surface area contributed by atoms with Crippen molar-refractivity contribution in [3.8, 4) is 16.9 Å². The Labute approximate surface area is 217 Å². The summed E-state index contributed by atoms with van der Waals surface area (Å²) < 4.78 is 0. The highest BCUT2D eigenvalue weighted by molar-refractivity contribution is 5.99. The quantitative estimate of drug-likeness (QED) is 0.554. The molecule has 2 fully saturated rings. The number of amides is 2. The molecule has 2 saturated heterocycles. The number of anilines is 1. The zero-order chi connectivity index (χ0) is 25.9. The van der Waals surface area contributed by atoms with Crippen molar-refractivity contribution < 1.29 is 14.7 Å². The Balaban J connectivity index is 1.45. The van der Waals surface area contributed by atoms with Crippen molar-refractivity contribution in [2.75, 3.05) is 37.6 Å². The van der Waals surface area contributed by atoms with Gasteiger partial charge in [-0.2, -0.15) is 0 Å². The number of hydrogen-bond donors (Lipinski definition) is 1. The molecule has 0 saturated carbocycles. The molecule has 0 unspecified atom stereocenters. The molecule has 3 aliphatic rings. The van der Waals surface area contributed by atoms with Gasteiger partial charge in [0.2, 0.25) is 11.8 Å². The van der Waals surface area contributed by atoms with Gasteiger partial charge < -0.3 is 19.8 Å². The van der Waals surface area contributed by atoms with Crippen molar-refractivity contribution >= 4 is 28.4 Å². The van der Waals surface area contributed by atoms with Crippen molar-refractivity contribution in [1.82, 2.24) is 14.8 Å². The van der Waals surface area contributed by atoms with Crippen LogP contribution in [0.1, 0.15) is 30.2 Å². The molecule has 7 nitrogen and oxygen atoms in total. The highest BCUT2D eigenvalue weighted by Gasteiger charge is 2.49. The van der Waals surface area contributed by atoms with Gasteiger partial charge in [0.1, 0.15) is 11.6 Å². The molecule has 7 heteroatoms. The maximum absolute atomic E-state index is 12.2. The van der Waals surface area contributed by atoms with E-state index in [2.05, 4.69) is 24.5 Å². The van der Waals surface area contributed by atoms with Gasteiger partial charge in [0.15, 0.2) is 0 Å². The van der Waals surface area contributed by atoms with Crippen LogP contribution in [0.5, 0.6) is 5.75 Å². The number of phenolic OH excluding ortho intramolecular Hbond substituents is 1. The fraction of sp³-hybridized carbons (Fsp3) is 0.367. The molecule has 0 aliphatic carbocycles. The highest BCUT2D eigenvalue weighted by Crippen LogP contribution is 2.45. The lowest BCUT2D eigenvalue weighted by Crippen LogP contribution is -2.59. The van der Waals surface area contributed by atoms with Gasteiger partial charge in [-0.1, -0.05) is 30.8 Å². The van der Waals surface area contributed by atoms with E-state index in [0.29, 0.717) is 13.1 Å². The van der Waals surface area contributed by atoms with Gasteiger partial charge in [-0.25, -0.2) is 4.98 Å². The standard InChI is InChI=1S/C30H32N4O3/c1-4-27(37)34-17-30(18-34)11-13-33(16-30)29-19(2)28(25-10-12-32(20(3)35)15-26(25)31-29)24-7-5-6-21-14-22(36)8-9-23(21)24/h4-9,14,36H,1,10-13,15-18H2,2-3H3. The van der Waals surface area contributed by atoms with Crippen molar-refractivity contribution in [1.29, 1.82) is 0 Å². The average Bonchev–Trinajstić information content (AvgIpc) is 3.32. The minimum atomic E-state index is 0.000708. The molecular formula is C30H32N4O3. The Kier molecular flexibility index (Phi) is 5.48. The molecule has 2 amide bonds. The summed E-state index contributed by atoms with van der Waals surface area (Å²) in [4.78, 5) is 35.6. The third-order valence-corrected chi connectivity index (χ3v) is 8.43. The zero-order valence-electron chi connectivity index (χ0n) is 21.5. The molecule has 0 radical (unpaired) electrons. The van der Waals surface area contributed by atoms with Crippen molar-refractivity contribution in [2.24, 2.45) is 5.41 Å². The molecule has 2 aromatic carbocycles. The van der Waals surface area contributed by atoms with Gasteiger partial charge >= 0.3 is 0 Å². The van der Waals surface area contributed by atoms with E-state index in [0.717, 1.165) is 72.4 Å². The predicted molar refractivity (Wildman–Crippen MR) is 144 cm³/mol. The first kappa shape index (κ1) is 23.5. The van der Waals surface area contributed by atoms with E-state index in [1.807, 2.05) is 28.0 Å². The number of carbonyl (C=O) groups is 2. The molecule has 0 bridgehead atoms. The number of aromatic nitrogens is 1. The molecule has 37 heavy (non-hydrogen) atoms. The number of carbonyl (C=O) groups excluding carboxylic acids is 2. The molecule has 1 N–H and O–H groups in total. The van der Waals surface area contributed by atoms with Crippen LogP contribution in [0.25, 0.3) is 21.9 Å². The van der Waals surface area contributed by atoms with E-state index in [1.54, 1.807) is 19.1 Å². The van der Waals surface area contributed by atoms with Crippen LogP contribution in [-0.2, 0) is 22.6 Å². The molecular weight excluding hydrogens is 464 g/mol. The Morgan fingerprint density at radius 3 is 2.68 bits per heavy atom. The van der Waals surface area contributed by atoms with Crippen LogP contribution in [0.4, 0.5) is 5.82 Å². The number of benzene rings is 2. The van der Waals surface area contributed by atoms with E-state index < -0.39 is 0 Å². The number of fused-ring (bicyclic) bond motifs is 2. The van der Waals surface area contributed by atoms with Gasteiger partial charge in [-0.15, -0.1) is 0 Å². The summed E-state index contributed by atoms with van der Waals surface area (Å²) in [5.41, 5.74) is 5.74.